The number of rotatable bonds is 1. The van der Waals surface area contributed by atoms with E-state index in [1.165, 1.54) is 10.4 Å². The second kappa shape index (κ2) is 5.34. The first kappa shape index (κ1) is 13.8. The Labute approximate surface area is 131 Å². The summed E-state index contributed by atoms with van der Waals surface area (Å²) < 4.78 is 0.990. The Bertz CT molecular complexity index is 664. The van der Waals surface area contributed by atoms with Crippen LogP contribution in [0.15, 0.2) is 34.1 Å². The summed E-state index contributed by atoms with van der Waals surface area (Å²) in [5.41, 5.74) is 3.12. The molecule has 1 aliphatic heterocycles. The SMILES string of the molecule is Cc1c(Br)cccc1C(=O)N1CCc2sccc2C1C. The quantitative estimate of drug-likeness (QED) is 0.737. The van der Waals surface area contributed by atoms with Gasteiger partial charge in [0.25, 0.3) is 5.91 Å². The van der Waals surface area contributed by atoms with Crippen LogP contribution in [-0.4, -0.2) is 17.4 Å². The second-order valence-corrected chi connectivity index (χ2v) is 6.99. The molecule has 2 aromatic rings. The van der Waals surface area contributed by atoms with Gasteiger partial charge < -0.3 is 4.90 Å². The molecule has 0 saturated heterocycles. The molecule has 2 nitrogen and oxygen atoms in total. The predicted molar refractivity (Wildman–Crippen MR) is 86.4 cm³/mol. The standard InChI is InChI=1S/C16H16BrNOS/c1-10-12(4-3-5-14(10)17)16(19)18-8-6-15-13(11(18)2)7-9-20-15/h3-5,7,9,11H,6,8H2,1-2H3. The maximum absolute atomic E-state index is 12.8. The molecule has 0 fully saturated rings. The highest BCUT2D eigenvalue weighted by Crippen LogP contribution is 2.34. The summed E-state index contributed by atoms with van der Waals surface area (Å²) in [4.78, 5) is 16.2. The van der Waals surface area contributed by atoms with Crippen LogP contribution in [0.2, 0.25) is 0 Å². The normalized spacial score (nSPS) is 17.9. The Morgan fingerprint density at radius 1 is 1.40 bits per heavy atom. The first-order chi connectivity index (χ1) is 9.59. The molecule has 0 saturated carbocycles. The van der Waals surface area contributed by atoms with Gasteiger partial charge in [0.05, 0.1) is 6.04 Å². The van der Waals surface area contributed by atoms with Gasteiger partial charge in [-0.15, -0.1) is 11.3 Å². The van der Waals surface area contributed by atoms with Crippen LogP contribution in [0.25, 0.3) is 0 Å². The Morgan fingerprint density at radius 3 is 3.00 bits per heavy atom. The van der Waals surface area contributed by atoms with Crippen molar-refractivity contribution < 1.29 is 4.79 Å². The van der Waals surface area contributed by atoms with Crippen LogP contribution in [-0.2, 0) is 6.42 Å². The van der Waals surface area contributed by atoms with Crippen molar-refractivity contribution in [1.29, 1.82) is 0 Å². The van der Waals surface area contributed by atoms with E-state index in [0.29, 0.717) is 0 Å². The number of hydrogen-bond acceptors (Lipinski definition) is 2. The molecule has 0 radical (unpaired) electrons. The molecular weight excluding hydrogens is 334 g/mol. The highest BCUT2D eigenvalue weighted by Gasteiger charge is 2.29. The summed E-state index contributed by atoms with van der Waals surface area (Å²) in [6.07, 6.45) is 0.968. The van der Waals surface area contributed by atoms with Crippen LogP contribution in [0.5, 0.6) is 0 Å². The number of halogens is 1. The maximum Gasteiger partial charge on any atom is 0.254 e. The zero-order chi connectivity index (χ0) is 14.3. The van der Waals surface area contributed by atoms with Gasteiger partial charge in [0.15, 0.2) is 0 Å². The third-order valence-electron chi connectivity index (χ3n) is 4.04. The van der Waals surface area contributed by atoms with Gasteiger partial charge in [-0.05, 0) is 55.0 Å². The van der Waals surface area contributed by atoms with E-state index in [4.69, 9.17) is 0 Å². The van der Waals surface area contributed by atoms with Crippen molar-refractivity contribution in [2.75, 3.05) is 6.54 Å². The molecule has 1 aromatic heterocycles. The fourth-order valence-electron chi connectivity index (χ4n) is 2.78. The van der Waals surface area contributed by atoms with Crippen molar-refractivity contribution in [2.24, 2.45) is 0 Å². The van der Waals surface area contributed by atoms with E-state index in [-0.39, 0.29) is 11.9 Å². The average molecular weight is 350 g/mol. The van der Waals surface area contributed by atoms with Crippen molar-refractivity contribution in [3.8, 4) is 0 Å². The van der Waals surface area contributed by atoms with Gasteiger partial charge in [0.1, 0.15) is 0 Å². The number of benzene rings is 1. The molecule has 1 aromatic carbocycles. The number of amides is 1. The van der Waals surface area contributed by atoms with E-state index in [9.17, 15) is 4.79 Å². The second-order valence-electron chi connectivity index (χ2n) is 5.14. The van der Waals surface area contributed by atoms with Gasteiger partial charge in [-0.1, -0.05) is 22.0 Å². The predicted octanol–water partition coefficient (Wildman–Crippen LogP) is 4.58. The highest BCUT2D eigenvalue weighted by atomic mass is 79.9. The van der Waals surface area contributed by atoms with E-state index in [1.807, 2.05) is 30.0 Å². The van der Waals surface area contributed by atoms with Crippen LogP contribution >= 0.6 is 27.3 Å². The summed E-state index contributed by atoms with van der Waals surface area (Å²) in [6, 6.07) is 8.13. The van der Waals surface area contributed by atoms with Crippen molar-refractivity contribution in [3.63, 3.8) is 0 Å². The Kier molecular flexibility index (Phi) is 3.69. The number of carbonyl (C=O) groups is 1. The van der Waals surface area contributed by atoms with Crippen LogP contribution in [0.1, 0.15) is 39.3 Å². The van der Waals surface area contributed by atoms with E-state index in [1.54, 1.807) is 11.3 Å². The van der Waals surface area contributed by atoms with E-state index < -0.39 is 0 Å². The van der Waals surface area contributed by atoms with Crippen molar-refractivity contribution >= 4 is 33.2 Å². The monoisotopic (exact) mass is 349 g/mol. The van der Waals surface area contributed by atoms with Crippen LogP contribution in [0.3, 0.4) is 0 Å². The fraction of sp³-hybridized carbons (Fsp3) is 0.312. The lowest BCUT2D eigenvalue weighted by Crippen LogP contribution is -2.38. The van der Waals surface area contributed by atoms with E-state index >= 15 is 0 Å². The lowest BCUT2D eigenvalue weighted by atomic mass is 9.99. The summed E-state index contributed by atoms with van der Waals surface area (Å²) in [5.74, 6) is 0.133. The fourth-order valence-corrected chi connectivity index (χ4v) is 4.11. The van der Waals surface area contributed by atoms with Gasteiger partial charge in [-0.25, -0.2) is 0 Å². The Hall–Kier alpha value is -1.13. The molecule has 4 heteroatoms. The summed E-state index contributed by atoms with van der Waals surface area (Å²) in [6.45, 7) is 4.91. The summed E-state index contributed by atoms with van der Waals surface area (Å²) >= 11 is 5.30. The highest BCUT2D eigenvalue weighted by molar-refractivity contribution is 9.10. The molecule has 104 valence electrons. The number of nitrogens with zero attached hydrogens (tertiary/aromatic N) is 1. The maximum atomic E-state index is 12.8. The number of hydrogen-bond donors (Lipinski definition) is 0. The summed E-state index contributed by atoms with van der Waals surface area (Å²) in [7, 11) is 0. The summed E-state index contributed by atoms with van der Waals surface area (Å²) in [5, 5.41) is 2.12. The van der Waals surface area contributed by atoms with Crippen molar-refractivity contribution in [3.05, 3.63) is 55.7 Å². The lowest BCUT2D eigenvalue weighted by Gasteiger charge is -2.34. The molecular formula is C16H16BrNOS. The first-order valence-electron chi connectivity index (χ1n) is 6.72. The third-order valence-corrected chi connectivity index (χ3v) is 5.89. The molecule has 1 atom stereocenters. The number of thiophene rings is 1. The largest absolute Gasteiger partial charge is 0.331 e. The van der Waals surface area contributed by atoms with Crippen LogP contribution in [0.4, 0.5) is 0 Å². The molecule has 0 N–H and O–H groups in total. The molecule has 0 spiro atoms. The van der Waals surface area contributed by atoms with Crippen molar-refractivity contribution in [2.45, 2.75) is 26.3 Å². The van der Waals surface area contributed by atoms with Crippen LogP contribution < -0.4 is 0 Å². The molecule has 3 rings (SSSR count). The molecule has 0 bridgehead atoms. The minimum atomic E-state index is 0.133. The minimum absolute atomic E-state index is 0.133. The van der Waals surface area contributed by atoms with Crippen molar-refractivity contribution in [1.82, 2.24) is 4.90 Å². The van der Waals surface area contributed by atoms with Gasteiger partial charge in [-0.2, -0.15) is 0 Å². The van der Waals surface area contributed by atoms with Gasteiger partial charge in [0, 0.05) is 21.5 Å². The lowest BCUT2D eigenvalue weighted by molar-refractivity contribution is 0.0678. The first-order valence-corrected chi connectivity index (χ1v) is 8.39. The Balaban J connectivity index is 1.94. The third kappa shape index (κ3) is 2.21. The minimum Gasteiger partial charge on any atom is -0.331 e. The molecule has 1 unspecified atom stereocenters. The molecule has 1 amide bonds. The van der Waals surface area contributed by atoms with E-state index in [0.717, 1.165) is 28.6 Å². The average Bonchev–Trinajstić information content (AvgIpc) is 2.91. The molecule has 1 aliphatic rings. The molecule has 2 heterocycles. The van der Waals surface area contributed by atoms with Crippen LogP contribution in [0, 0.1) is 6.92 Å². The zero-order valence-corrected chi connectivity index (χ0v) is 13.9. The van der Waals surface area contributed by atoms with Gasteiger partial charge >= 0.3 is 0 Å². The van der Waals surface area contributed by atoms with Gasteiger partial charge in [0.2, 0.25) is 0 Å². The van der Waals surface area contributed by atoms with Gasteiger partial charge in [-0.3, -0.25) is 4.79 Å². The smallest absolute Gasteiger partial charge is 0.254 e. The zero-order valence-electron chi connectivity index (χ0n) is 11.5. The number of carbonyl (C=O) groups excluding carboxylic acids is 1. The topological polar surface area (TPSA) is 20.3 Å². The molecule has 20 heavy (non-hydrogen) atoms. The Morgan fingerprint density at radius 2 is 2.20 bits per heavy atom. The number of fused-ring (bicyclic) bond motifs is 1. The van der Waals surface area contributed by atoms with E-state index in [2.05, 4.69) is 34.3 Å². The molecule has 0 aliphatic carbocycles.